The summed E-state index contributed by atoms with van der Waals surface area (Å²) in [6.45, 7) is 5.42. The van der Waals surface area contributed by atoms with E-state index in [1.165, 1.54) is 4.57 Å². The molecule has 0 radical (unpaired) electrons. The highest BCUT2D eigenvalue weighted by Gasteiger charge is 2.46. The Hall–Kier alpha value is -3.49. The first-order valence-corrected chi connectivity index (χ1v) is 11.0. The van der Waals surface area contributed by atoms with Crippen LogP contribution in [0.3, 0.4) is 0 Å². The van der Waals surface area contributed by atoms with Crippen LogP contribution in [0.4, 0.5) is 18.9 Å². The maximum Gasteiger partial charge on any atom is 0.419 e. The summed E-state index contributed by atoms with van der Waals surface area (Å²) < 4.78 is 54.4. The van der Waals surface area contributed by atoms with Crippen molar-refractivity contribution in [1.82, 2.24) is 19.3 Å². The van der Waals surface area contributed by atoms with Gasteiger partial charge < -0.3 is 14.6 Å². The molecule has 3 aliphatic rings. The number of anilines is 1. The molecule has 2 aromatic heterocycles. The Bertz CT molecular complexity index is 1510. The van der Waals surface area contributed by atoms with Gasteiger partial charge in [-0.15, -0.1) is 10.2 Å². The van der Waals surface area contributed by atoms with E-state index in [1.807, 2.05) is 32.2 Å². The number of nitrogens with zero attached hydrogens (tertiary/aromatic N) is 4. The summed E-state index contributed by atoms with van der Waals surface area (Å²) in [5, 5.41) is 12.3. The molecule has 4 heterocycles. The molecule has 33 heavy (non-hydrogen) atoms. The van der Waals surface area contributed by atoms with Crippen LogP contribution < -0.4 is 10.1 Å². The van der Waals surface area contributed by atoms with Gasteiger partial charge in [0.05, 0.1) is 33.4 Å². The van der Waals surface area contributed by atoms with Crippen molar-refractivity contribution in [2.24, 2.45) is 0 Å². The fourth-order valence-corrected chi connectivity index (χ4v) is 5.36. The number of benzene rings is 2. The first-order valence-electron chi connectivity index (χ1n) is 11.0. The Morgan fingerprint density at radius 2 is 1.94 bits per heavy atom. The Morgan fingerprint density at radius 3 is 2.67 bits per heavy atom. The highest BCUT2D eigenvalue weighted by molar-refractivity contribution is 6.05. The average Bonchev–Trinajstić information content (AvgIpc) is 3.40. The van der Waals surface area contributed by atoms with Gasteiger partial charge in [0.15, 0.2) is 11.6 Å². The van der Waals surface area contributed by atoms with Gasteiger partial charge in [-0.1, -0.05) is 12.1 Å². The standard InChI is InChI=1S/C24H20F3N5O/c1-11-29-30-22-23(2,3)28-14-9-16-19(20(24(25,26)27)21(14)32(11)22)13-5-4-6-15-18(13)17(33-16)10-31(15)12-7-8-12/h4-6,9-10,12,28H,7-8H2,1-3H3. The summed E-state index contributed by atoms with van der Waals surface area (Å²) in [6.07, 6.45) is -0.566. The van der Waals surface area contributed by atoms with Crippen LogP contribution in [0.1, 0.15) is 49.9 Å². The lowest BCUT2D eigenvalue weighted by molar-refractivity contribution is -0.137. The van der Waals surface area contributed by atoms with E-state index in [0.29, 0.717) is 34.7 Å². The van der Waals surface area contributed by atoms with Gasteiger partial charge in [-0.2, -0.15) is 13.2 Å². The molecular formula is C24H20F3N5O. The van der Waals surface area contributed by atoms with Crippen LogP contribution in [0, 0.1) is 6.92 Å². The van der Waals surface area contributed by atoms with E-state index in [-0.39, 0.29) is 17.0 Å². The lowest BCUT2D eigenvalue weighted by Crippen LogP contribution is -2.37. The van der Waals surface area contributed by atoms with Gasteiger partial charge in [-0.3, -0.25) is 4.57 Å². The molecule has 1 aliphatic carbocycles. The summed E-state index contributed by atoms with van der Waals surface area (Å²) in [5.74, 6) is 1.65. The molecule has 1 fully saturated rings. The van der Waals surface area contributed by atoms with Crippen molar-refractivity contribution in [3.8, 4) is 28.3 Å². The van der Waals surface area contributed by atoms with Gasteiger partial charge in [0, 0.05) is 23.9 Å². The zero-order chi connectivity index (χ0) is 22.9. The second-order valence-corrected chi connectivity index (χ2v) is 9.61. The topological polar surface area (TPSA) is 56.9 Å². The summed E-state index contributed by atoms with van der Waals surface area (Å²) in [6, 6.07) is 7.59. The predicted octanol–water partition coefficient (Wildman–Crippen LogP) is 6.32. The molecule has 1 saturated carbocycles. The van der Waals surface area contributed by atoms with Gasteiger partial charge in [-0.05, 0) is 45.2 Å². The molecule has 168 valence electrons. The van der Waals surface area contributed by atoms with Gasteiger partial charge in [-0.25, -0.2) is 0 Å². The maximum atomic E-state index is 14.8. The van der Waals surface area contributed by atoms with Crippen molar-refractivity contribution < 1.29 is 17.9 Å². The number of hydrogen-bond acceptors (Lipinski definition) is 4. The Kier molecular flexibility index (Phi) is 3.29. The van der Waals surface area contributed by atoms with Crippen LogP contribution in [-0.4, -0.2) is 19.3 Å². The first-order chi connectivity index (χ1) is 15.6. The third kappa shape index (κ3) is 2.39. The fraction of sp³-hybridized carbons (Fsp3) is 0.333. The normalized spacial score (nSPS) is 17.8. The highest BCUT2D eigenvalue weighted by Crippen LogP contribution is 2.57. The smallest absolute Gasteiger partial charge is 0.419 e. The van der Waals surface area contributed by atoms with Crippen LogP contribution in [-0.2, 0) is 11.7 Å². The molecule has 6 nitrogen and oxygen atoms in total. The SMILES string of the molecule is Cc1nnc2n1-c1c(cc3c(c1C(F)(F)F)-c1cccc4c1c(cn4C1CC1)O3)NC2(C)C. The minimum atomic E-state index is -4.63. The van der Waals surface area contributed by atoms with Gasteiger partial charge >= 0.3 is 6.18 Å². The summed E-state index contributed by atoms with van der Waals surface area (Å²) in [5.41, 5.74) is 0.424. The molecule has 9 heteroatoms. The maximum absolute atomic E-state index is 14.8. The number of fused-ring (bicyclic) bond motifs is 5. The van der Waals surface area contributed by atoms with Crippen molar-refractivity contribution in [3.63, 3.8) is 0 Å². The fourth-order valence-electron chi connectivity index (χ4n) is 5.36. The Balaban J connectivity index is 1.62. The number of alkyl halides is 3. The zero-order valence-electron chi connectivity index (χ0n) is 18.2. The Morgan fingerprint density at radius 1 is 1.15 bits per heavy atom. The quantitative estimate of drug-likeness (QED) is 0.324. The molecule has 0 spiro atoms. The Labute approximate surface area is 187 Å². The molecule has 0 amide bonds. The number of aromatic nitrogens is 4. The zero-order valence-corrected chi connectivity index (χ0v) is 18.2. The molecule has 0 atom stereocenters. The first kappa shape index (κ1) is 19.0. The summed E-state index contributed by atoms with van der Waals surface area (Å²) >= 11 is 0. The van der Waals surface area contributed by atoms with Crippen LogP contribution >= 0.6 is 0 Å². The minimum Gasteiger partial charge on any atom is -0.454 e. The van der Waals surface area contributed by atoms with Crippen molar-refractivity contribution in [2.75, 3.05) is 5.32 Å². The average molecular weight is 451 g/mol. The van der Waals surface area contributed by atoms with E-state index >= 15 is 0 Å². The van der Waals surface area contributed by atoms with Crippen molar-refractivity contribution in [1.29, 1.82) is 0 Å². The summed E-state index contributed by atoms with van der Waals surface area (Å²) in [7, 11) is 0. The second-order valence-electron chi connectivity index (χ2n) is 9.61. The molecule has 0 saturated heterocycles. The molecule has 0 unspecified atom stereocenters. The van der Waals surface area contributed by atoms with E-state index in [0.717, 1.165) is 23.7 Å². The van der Waals surface area contributed by atoms with Crippen molar-refractivity contribution >= 4 is 16.6 Å². The highest BCUT2D eigenvalue weighted by atomic mass is 19.4. The van der Waals surface area contributed by atoms with E-state index in [9.17, 15) is 13.2 Å². The molecule has 1 N–H and O–H groups in total. The van der Waals surface area contributed by atoms with E-state index in [1.54, 1.807) is 19.1 Å². The number of aryl methyl sites for hydroxylation is 1. The molecule has 7 rings (SSSR count). The van der Waals surface area contributed by atoms with Gasteiger partial charge in [0.1, 0.15) is 11.6 Å². The summed E-state index contributed by atoms with van der Waals surface area (Å²) in [4.78, 5) is 0. The largest absolute Gasteiger partial charge is 0.454 e. The molecular weight excluding hydrogens is 431 g/mol. The predicted molar refractivity (Wildman–Crippen MR) is 117 cm³/mol. The lowest BCUT2D eigenvalue weighted by Gasteiger charge is -2.36. The lowest BCUT2D eigenvalue weighted by atomic mass is 9.89. The molecule has 2 aliphatic heterocycles. The van der Waals surface area contributed by atoms with E-state index in [4.69, 9.17) is 4.74 Å². The number of halogens is 3. The third-order valence-corrected chi connectivity index (χ3v) is 6.85. The van der Waals surface area contributed by atoms with Crippen LogP contribution in [0.5, 0.6) is 11.5 Å². The van der Waals surface area contributed by atoms with Crippen molar-refractivity contribution in [3.05, 3.63) is 47.7 Å². The second kappa shape index (κ2) is 5.70. The van der Waals surface area contributed by atoms with Crippen molar-refractivity contribution in [2.45, 2.75) is 51.4 Å². The minimum absolute atomic E-state index is 0.0174. The number of hydrogen-bond donors (Lipinski definition) is 1. The molecule has 0 bridgehead atoms. The number of rotatable bonds is 1. The van der Waals surface area contributed by atoms with Gasteiger partial charge in [0.2, 0.25) is 0 Å². The van der Waals surface area contributed by atoms with E-state index < -0.39 is 17.3 Å². The third-order valence-electron chi connectivity index (χ3n) is 6.85. The van der Waals surface area contributed by atoms with E-state index in [2.05, 4.69) is 20.1 Å². The molecule has 2 aromatic carbocycles. The monoisotopic (exact) mass is 451 g/mol. The van der Waals surface area contributed by atoms with Gasteiger partial charge in [0.25, 0.3) is 0 Å². The molecule has 4 aromatic rings. The van der Waals surface area contributed by atoms with Crippen LogP contribution in [0.15, 0.2) is 30.5 Å². The number of ether oxygens (including phenoxy) is 1. The van der Waals surface area contributed by atoms with Crippen LogP contribution in [0.2, 0.25) is 0 Å². The number of nitrogens with one attached hydrogen (secondary N) is 1. The van der Waals surface area contributed by atoms with Crippen LogP contribution in [0.25, 0.3) is 27.7 Å².